The fourth-order valence-electron chi connectivity index (χ4n) is 3.35. The average Bonchev–Trinajstić information content (AvgIpc) is 2.69. The lowest BCUT2D eigenvalue weighted by atomic mass is 10.1. The smallest absolute Gasteiger partial charge is 0.254 e. The van der Waals surface area contributed by atoms with Gasteiger partial charge in [0.25, 0.3) is 5.91 Å². The summed E-state index contributed by atoms with van der Waals surface area (Å²) >= 11 is 1.53. The third kappa shape index (κ3) is 3.99. The summed E-state index contributed by atoms with van der Waals surface area (Å²) in [7, 11) is 0. The van der Waals surface area contributed by atoms with Gasteiger partial charge < -0.3 is 10.2 Å². The van der Waals surface area contributed by atoms with Gasteiger partial charge in [-0.25, -0.2) is 0 Å². The van der Waals surface area contributed by atoms with E-state index in [1.54, 1.807) is 6.07 Å². The van der Waals surface area contributed by atoms with Crippen LogP contribution in [0.1, 0.15) is 23.0 Å². The summed E-state index contributed by atoms with van der Waals surface area (Å²) in [6.45, 7) is 5.74. The first-order valence-corrected chi connectivity index (χ1v) is 10.0. The zero-order chi connectivity index (χ0) is 18.8. The number of pyridine rings is 1. The molecule has 7 heteroatoms. The average molecular weight is 382 g/mol. The number of rotatable bonds is 3. The standard InChI is InChI=1S/C20H22N4O2S/c1-14-19(25)22-17-12-15(5-6-18(17)27-14)20(26)24-10-8-23(9-11-24)13-16-4-2-3-7-21-16/h2-7,12,14H,8-11,13H2,1H3,(H,22,25). The van der Waals surface area contributed by atoms with E-state index in [4.69, 9.17) is 0 Å². The van der Waals surface area contributed by atoms with Crippen LogP contribution in [-0.4, -0.2) is 58.0 Å². The van der Waals surface area contributed by atoms with Crippen LogP contribution >= 0.6 is 11.8 Å². The molecule has 0 radical (unpaired) electrons. The highest BCUT2D eigenvalue weighted by Crippen LogP contribution is 2.36. The van der Waals surface area contributed by atoms with Crippen molar-refractivity contribution in [2.24, 2.45) is 0 Å². The summed E-state index contributed by atoms with van der Waals surface area (Å²) < 4.78 is 0. The summed E-state index contributed by atoms with van der Waals surface area (Å²) in [5.41, 5.74) is 2.42. The second kappa shape index (κ2) is 7.70. The lowest BCUT2D eigenvalue weighted by Gasteiger charge is -2.34. The van der Waals surface area contributed by atoms with Crippen molar-refractivity contribution in [3.8, 4) is 0 Å². The number of carbonyl (C=O) groups is 2. The van der Waals surface area contributed by atoms with Crippen molar-refractivity contribution in [3.63, 3.8) is 0 Å². The summed E-state index contributed by atoms with van der Waals surface area (Å²) in [6, 6.07) is 11.5. The SMILES string of the molecule is CC1Sc2ccc(C(=O)N3CCN(Cc4ccccn4)CC3)cc2NC1=O. The second-order valence-corrected chi connectivity index (χ2v) is 8.23. The van der Waals surface area contributed by atoms with E-state index in [-0.39, 0.29) is 17.1 Å². The molecule has 1 aromatic heterocycles. The fraction of sp³-hybridized carbons (Fsp3) is 0.350. The molecule has 1 fully saturated rings. The van der Waals surface area contributed by atoms with Crippen molar-refractivity contribution in [1.29, 1.82) is 0 Å². The molecule has 1 saturated heterocycles. The monoisotopic (exact) mass is 382 g/mol. The molecule has 4 rings (SSSR count). The molecule has 2 aliphatic rings. The third-order valence-corrected chi connectivity index (χ3v) is 6.11. The first-order valence-electron chi connectivity index (χ1n) is 9.13. The van der Waals surface area contributed by atoms with Gasteiger partial charge in [0.15, 0.2) is 0 Å². The van der Waals surface area contributed by atoms with Gasteiger partial charge in [-0.15, -0.1) is 11.8 Å². The minimum Gasteiger partial charge on any atom is -0.336 e. The maximum absolute atomic E-state index is 12.9. The Hall–Kier alpha value is -2.38. The predicted octanol–water partition coefficient (Wildman–Crippen LogP) is 2.47. The number of fused-ring (bicyclic) bond motifs is 1. The molecule has 1 unspecified atom stereocenters. The number of hydrogen-bond donors (Lipinski definition) is 1. The Morgan fingerprint density at radius 2 is 2.04 bits per heavy atom. The molecular weight excluding hydrogens is 360 g/mol. The Labute approximate surface area is 162 Å². The molecule has 1 atom stereocenters. The van der Waals surface area contributed by atoms with E-state index < -0.39 is 0 Å². The van der Waals surface area contributed by atoms with Gasteiger partial charge in [0.2, 0.25) is 5.91 Å². The number of thioether (sulfide) groups is 1. The lowest BCUT2D eigenvalue weighted by Crippen LogP contribution is -2.48. The Morgan fingerprint density at radius 1 is 1.22 bits per heavy atom. The number of hydrogen-bond acceptors (Lipinski definition) is 5. The van der Waals surface area contributed by atoms with Crippen LogP contribution in [0.3, 0.4) is 0 Å². The molecule has 6 nitrogen and oxygen atoms in total. The van der Waals surface area contributed by atoms with E-state index >= 15 is 0 Å². The molecule has 3 heterocycles. The van der Waals surface area contributed by atoms with E-state index in [0.717, 1.165) is 35.9 Å². The summed E-state index contributed by atoms with van der Waals surface area (Å²) in [5, 5.41) is 2.79. The van der Waals surface area contributed by atoms with E-state index in [1.807, 2.05) is 48.4 Å². The van der Waals surface area contributed by atoms with Gasteiger partial charge in [-0.05, 0) is 37.3 Å². The number of piperazine rings is 1. The van der Waals surface area contributed by atoms with Crippen LogP contribution in [0, 0.1) is 0 Å². The summed E-state index contributed by atoms with van der Waals surface area (Å²) in [4.78, 5) is 34.3. The Balaban J connectivity index is 1.38. The van der Waals surface area contributed by atoms with Crippen molar-refractivity contribution in [2.75, 3.05) is 31.5 Å². The zero-order valence-electron chi connectivity index (χ0n) is 15.2. The summed E-state index contributed by atoms with van der Waals surface area (Å²) in [6.07, 6.45) is 1.81. The van der Waals surface area contributed by atoms with Gasteiger partial charge in [-0.1, -0.05) is 6.07 Å². The van der Waals surface area contributed by atoms with Crippen LogP contribution in [0.15, 0.2) is 47.5 Å². The quantitative estimate of drug-likeness (QED) is 0.883. The molecule has 0 bridgehead atoms. The largest absolute Gasteiger partial charge is 0.336 e. The van der Waals surface area contributed by atoms with Crippen molar-refractivity contribution in [3.05, 3.63) is 53.9 Å². The van der Waals surface area contributed by atoms with Crippen molar-refractivity contribution >= 4 is 29.3 Å². The topological polar surface area (TPSA) is 65.5 Å². The van der Waals surface area contributed by atoms with Crippen LogP contribution in [0.25, 0.3) is 0 Å². The van der Waals surface area contributed by atoms with E-state index in [1.165, 1.54) is 11.8 Å². The van der Waals surface area contributed by atoms with Crippen LogP contribution < -0.4 is 5.32 Å². The fourth-order valence-corrected chi connectivity index (χ4v) is 4.28. The first-order chi connectivity index (χ1) is 13.1. The Bertz CT molecular complexity index is 850. The van der Waals surface area contributed by atoms with Gasteiger partial charge in [0.05, 0.1) is 16.6 Å². The van der Waals surface area contributed by atoms with Gasteiger partial charge in [-0.3, -0.25) is 19.5 Å². The van der Waals surface area contributed by atoms with Gasteiger partial charge in [-0.2, -0.15) is 0 Å². The molecule has 140 valence electrons. The maximum Gasteiger partial charge on any atom is 0.254 e. The Kier molecular flexibility index (Phi) is 5.13. The van der Waals surface area contributed by atoms with Gasteiger partial charge in [0, 0.05) is 49.4 Å². The molecule has 1 aromatic carbocycles. The number of nitrogens with one attached hydrogen (secondary N) is 1. The molecule has 0 aliphatic carbocycles. The van der Waals surface area contributed by atoms with Crippen molar-refractivity contribution in [2.45, 2.75) is 23.6 Å². The highest BCUT2D eigenvalue weighted by molar-refractivity contribution is 8.00. The zero-order valence-corrected chi connectivity index (χ0v) is 16.0. The highest BCUT2D eigenvalue weighted by Gasteiger charge is 2.26. The number of nitrogens with zero attached hydrogens (tertiary/aromatic N) is 3. The third-order valence-electron chi connectivity index (χ3n) is 4.93. The minimum absolute atomic E-state index is 0.0137. The maximum atomic E-state index is 12.9. The van der Waals surface area contributed by atoms with Crippen LogP contribution in [0.2, 0.25) is 0 Å². The van der Waals surface area contributed by atoms with E-state index in [0.29, 0.717) is 18.7 Å². The molecule has 27 heavy (non-hydrogen) atoms. The number of aromatic nitrogens is 1. The lowest BCUT2D eigenvalue weighted by molar-refractivity contribution is -0.115. The molecule has 2 aliphatic heterocycles. The van der Waals surface area contributed by atoms with Crippen LogP contribution in [0.4, 0.5) is 5.69 Å². The number of benzene rings is 1. The predicted molar refractivity (Wildman–Crippen MR) is 106 cm³/mol. The number of amides is 2. The normalized spacial score (nSPS) is 20.1. The molecule has 2 amide bonds. The number of carbonyl (C=O) groups excluding carboxylic acids is 2. The van der Waals surface area contributed by atoms with Crippen LogP contribution in [-0.2, 0) is 11.3 Å². The number of anilines is 1. The molecule has 0 spiro atoms. The molecule has 1 N–H and O–H groups in total. The summed E-state index contributed by atoms with van der Waals surface area (Å²) in [5.74, 6) is 0.00777. The van der Waals surface area contributed by atoms with Crippen molar-refractivity contribution in [1.82, 2.24) is 14.8 Å². The molecular formula is C20H22N4O2S. The van der Waals surface area contributed by atoms with Gasteiger partial charge in [0.1, 0.15) is 0 Å². The van der Waals surface area contributed by atoms with Gasteiger partial charge >= 0.3 is 0 Å². The van der Waals surface area contributed by atoms with E-state index in [9.17, 15) is 9.59 Å². The first kappa shape index (κ1) is 18.0. The molecule has 2 aromatic rings. The minimum atomic E-state index is -0.105. The second-order valence-electron chi connectivity index (χ2n) is 6.85. The Morgan fingerprint density at radius 3 is 2.78 bits per heavy atom. The molecule has 0 saturated carbocycles. The van der Waals surface area contributed by atoms with Crippen LogP contribution in [0.5, 0.6) is 0 Å². The van der Waals surface area contributed by atoms with Crippen molar-refractivity contribution < 1.29 is 9.59 Å². The van der Waals surface area contributed by atoms with E-state index in [2.05, 4.69) is 15.2 Å². The highest BCUT2D eigenvalue weighted by atomic mass is 32.2.